The Bertz CT molecular complexity index is 1350. The van der Waals surface area contributed by atoms with Crippen molar-refractivity contribution in [1.29, 1.82) is 0 Å². The number of H-pyrrole nitrogens is 1. The van der Waals surface area contributed by atoms with Crippen molar-refractivity contribution in [3.8, 4) is 28.5 Å². The number of hydrogen-bond donors (Lipinski definition) is 2. The average Bonchev–Trinajstić information content (AvgIpc) is 3.46. The molecular weight excluding hydrogens is 490 g/mol. The molecule has 11 heteroatoms. The van der Waals surface area contributed by atoms with E-state index in [9.17, 15) is 9.59 Å². The zero-order valence-corrected chi connectivity index (χ0v) is 21.3. The number of fused-ring (bicyclic) bond motifs is 2. The van der Waals surface area contributed by atoms with Gasteiger partial charge in [0.1, 0.15) is 29.9 Å². The first-order chi connectivity index (χ1) is 18.6. The molecule has 1 aromatic carbocycles. The Morgan fingerprint density at radius 2 is 2.08 bits per heavy atom. The van der Waals surface area contributed by atoms with Gasteiger partial charge in [0.2, 0.25) is 12.7 Å². The first-order valence-electron chi connectivity index (χ1n) is 13.0. The van der Waals surface area contributed by atoms with Gasteiger partial charge >= 0.3 is 0 Å². The van der Waals surface area contributed by atoms with Gasteiger partial charge in [0.25, 0.3) is 5.91 Å². The topological polar surface area (TPSA) is 128 Å². The number of methoxy groups -OCH3 is 1. The smallest absolute Gasteiger partial charge is 0.255 e. The van der Waals surface area contributed by atoms with Crippen molar-refractivity contribution in [3.05, 3.63) is 30.2 Å². The third-order valence-electron chi connectivity index (χ3n) is 7.31. The highest BCUT2D eigenvalue weighted by Crippen LogP contribution is 2.48. The van der Waals surface area contributed by atoms with Crippen LogP contribution in [0.1, 0.15) is 36.0 Å². The largest absolute Gasteiger partial charge is 0.492 e. The Morgan fingerprint density at radius 3 is 2.92 bits per heavy atom. The number of rotatable bonds is 9. The zero-order valence-electron chi connectivity index (χ0n) is 21.3. The molecule has 6 rings (SSSR count). The number of nitrogens with one attached hydrogen (secondary N) is 2. The lowest BCUT2D eigenvalue weighted by Crippen LogP contribution is -2.44. The molecule has 2 N–H and O–H groups in total. The van der Waals surface area contributed by atoms with Gasteiger partial charge in [0.05, 0.1) is 23.3 Å². The van der Waals surface area contributed by atoms with Crippen LogP contribution in [0.4, 0.5) is 0 Å². The molecule has 200 valence electrons. The minimum atomic E-state index is -0.232. The summed E-state index contributed by atoms with van der Waals surface area (Å²) in [6.45, 7) is 2.63. The molecular formula is C27H31N5O6. The summed E-state index contributed by atoms with van der Waals surface area (Å²) in [6, 6.07) is 3.72. The summed E-state index contributed by atoms with van der Waals surface area (Å²) in [5, 5.41) is 3.03. The van der Waals surface area contributed by atoms with E-state index in [1.54, 1.807) is 6.20 Å². The van der Waals surface area contributed by atoms with Crippen molar-refractivity contribution >= 4 is 22.8 Å². The van der Waals surface area contributed by atoms with Crippen LogP contribution in [0.5, 0.6) is 17.2 Å². The Kier molecular flexibility index (Phi) is 6.75. The van der Waals surface area contributed by atoms with Gasteiger partial charge in [-0.2, -0.15) is 0 Å². The molecule has 4 heterocycles. The molecule has 0 radical (unpaired) electrons. The fourth-order valence-electron chi connectivity index (χ4n) is 5.10. The monoisotopic (exact) mass is 521 g/mol. The Balaban J connectivity index is 1.23. The van der Waals surface area contributed by atoms with Gasteiger partial charge in [-0.1, -0.05) is 0 Å². The summed E-state index contributed by atoms with van der Waals surface area (Å²) in [6.07, 6.45) is 7.30. The second-order valence-electron chi connectivity index (χ2n) is 10.1. The molecule has 0 bridgehead atoms. The first-order valence-corrected chi connectivity index (χ1v) is 13.0. The molecule has 1 aliphatic carbocycles. The van der Waals surface area contributed by atoms with Crippen LogP contribution in [0.15, 0.2) is 24.7 Å². The van der Waals surface area contributed by atoms with Crippen LogP contribution in [-0.2, 0) is 9.53 Å². The van der Waals surface area contributed by atoms with Gasteiger partial charge in [-0.15, -0.1) is 0 Å². The van der Waals surface area contributed by atoms with E-state index in [0.29, 0.717) is 70.7 Å². The second kappa shape index (κ2) is 10.5. The van der Waals surface area contributed by atoms with Gasteiger partial charge in [0, 0.05) is 32.9 Å². The van der Waals surface area contributed by atoms with Crippen LogP contribution in [0.3, 0.4) is 0 Å². The third-order valence-corrected chi connectivity index (χ3v) is 7.31. The maximum Gasteiger partial charge on any atom is 0.255 e. The number of amides is 2. The molecule has 38 heavy (non-hydrogen) atoms. The summed E-state index contributed by atoms with van der Waals surface area (Å²) in [4.78, 5) is 39.4. The molecule has 1 atom stereocenters. The molecule has 3 aromatic rings. The van der Waals surface area contributed by atoms with Crippen molar-refractivity contribution in [2.75, 3.05) is 46.8 Å². The van der Waals surface area contributed by atoms with E-state index in [2.05, 4.69) is 20.3 Å². The van der Waals surface area contributed by atoms with Gasteiger partial charge < -0.3 is 34.1 Å². The predicted octanol–water partition coefficient (Wildman–Crippen LogP) is 2.76. The SMILES string of the molecule is COCC(=O)N1CCCC(CNC(=O)c2c[nH]c3c(-c4c(OCC5CC5)ccc5c4OCO5)ncnc23)C1. The first kappa shape index (κ1) is 24.5. The summed E-state index contributed by atoms with van der Waals surface area (Å²) < 4.78 is 22.6. The highest BCUT2D eigenvalue weighted by Gasteiger charge is 2.29. The summed E-state index contributed by atoms with van der Waals surface area (Å²) >= 11 is 0. The lowest BCUT2D eigenvalue weighted by molar-refractivity contribution is -0.136. The molecule has 1 saturated heterocycles. The van der Waals surface area contributed by atoms with Crippen LogP contribution in [0.25, 0.3) is 22.3 Å². The minimum absolute atomic E-state index is 0.0216. The summed E-state index contributed by atoms with van der Waals surface area (Å²) in [7, 11) is 1.52. The van der Waals surface area contributed by atoms with E-state index in [1.807, 2.05) is 17.0 Å². The quantitative estimate of drug-likeness (QED) is 0.440. The summed E-state index contributed by atoms with van der Waals surface area (Å²) in [5.41, 5.74) is 2.83. The van der Waals surface area contributed by atoms with Crippen LogP contribution in [-0.4, -0.2) is 78.4 Å². The maximum atomic E-state index is 13.2. The standard InChI is InChI=1S/C27H31N5O6/c1-35-13-21(33)32-8-2-3-17(11-32)9-29-27(34)18-10-28-25-23(18)30-14-31-24(25)22-19(36-12-16-4-5-16)6-7-20-26(22)38-15-37-20/h6-7,10,14,16-17,28H,2-5,8-9,11-13,15H2,1H3,(H,29,34). The van der Waals surface area contributed by atoms with Gasteiger partial charge in [-0.05, 0) is 49.7 Å². The molecule has 0 spiro atoms. The molecule has 3 aliphatic rings. The lowest BCUT2D eigenvalue weighted by atomic mass is 9.98. The van der Waals surface area contributed by atoms with Crippen molar-refractivity contribution in [3.63, 3.8) is 0 Å². The second-order valence-corrected chi connectivity index (χ2v) is 10.1. The lowest BCUT2D eigenvalue weighted by Gasteiger charge is -2.32. The minimum Gasteiger partial charge on any atom is -0.492 e. The number of piperidine rings is 1. The Morgan fingerprint density at radius 1 is 1.18 bits per heavy atom. The van der Waals surface area contributed by atoms with Crippen LogP contribution < -0.4 is 19.5 Å². The van der Waals surface area contributed by atoms with Crippen LogP contribution >= 0.6 is 0 Å². The molecule has 2 fully saturated rings. The van der Waals surface area contributed by atoms with Crippen molar-refractivity contribution in [2.24, 2.45) is 11.8 Å². The molecule has 1 saturated carbocycles. The number of aromatic amines is 1. The summed E-state index contributed by atoms with van der Waals surface area (Å²) in [5.74, 6) is 2.36. The Labute approximate surface area is 219 Å². The molecule has 1 unspecified atom stereocenters. The van der Waals surface area contributed by atoms with Gasteiger partial charge in [0.15, 0.2) is 11.5 Å². The van der Waals surface area contributed by atoms with Crippen molar-refractivity contribution in [1.82, 2.24) is 25.2 Å². The number of ether oxygens (including phenoxy) is 4. The van der Waals surface area contributed by atoms with E-state index in [4.69, 9.17) is 18.9 Å². The number of nitrogens with zero attached hydrogens (tertiary/aromatic N) is 3. The normalized spacial score (nSPS) is 18.6. The number of carbonyl (C=O) groups is 2. The number of aromatic nitrogens is 3. The fourth-order valence-corrected chi connectivity index (χ4v) is 5.10. The third kappa shape index (κ3) is 4.85. The molecule has 2 amide bonds. The van der Waals surface area contributed by atoms with E-state index < -0.39 is 0 Å². The molecule has 2 aromatic heterocycles. The maximum absolute atomic E-state index is 13.2. The predicted molar refractivity (Wildman–Crippen MR) is 137 cm³/mol. The van der Waals surface area contributed by atoms with E-state index in [1.165, 1.54) is 26.3 Å². The van der Waals surface area contributed by atoms with Crippen molar-refractivity contribution in [2.45, 2.75) is 25.7 Å². The van der Waals surface area contributed by atoms with Crippen molar-refractivity contribution < 1.29 is 28.5 Å². The zero-order chi connectivity index (χ0) is 26.1. The van der Waals surface area contributed by atoms with Crippen LogP contribution in [0, 0.1) is 11.8 Å². The Hall–Kier alpha value is -3.86. The molecule has 2 aliphatic heterocycles. The molecule has 11 nitrogen and oxygen atoms in total. The number of hydrogen-bond acceptors (Lipinski definition) is 8. The van der Waals surface area contributed by atoms with E-state index in [0.717, 1.165) is 19.4 Å². The van der Waals surface area contributed by atoms with Gasteiger partial charge in [-0.25, -0.2) is 9.97 Å². The van der Waals surface area contributed by atoms with Crippen LogP contribution in [0.2, 0.25) is 0 Å². The number of benzene rings is 1. The van der Waals surface area contributed by atoms with E-state index >= 15 is 0 Å². The fraction of sp³-hybridized carbons (Fsp3) is 0.481. The van der Waals surface area contributed by atoms with E-state index in [-0.39, 0.29) is 31.1 Å². The highest BCUT2D eigenvalue weighted by atomic mass is 16.7. The average molecular weight is 522 g/mol. The number of likely N-dealkylation sites (tertiary alicyclic amines) is 1. The highest BCUT2D eigenvalue weighted by molar-refractivity contribution is 6.08. The number of carbonyl (C=O) groups excluding carboxylic acids is 2. The van der Waals surface area contributed by atoms with Gasteiger partial charge in [-0.3, -0.25) is 9.59 Å².